The molecule has 8 heteroatoms. The molecule has 0 spiro atoms. The molecule has 0 atom stereocenters. The van der Waals surface area contributed by atoms with Gasteiger partial charge in [0.15, 0.2) is 0 Å². The Morgan fingerprint density at radius 1 is 0.850 bits per heavy atom. The molecule has 0 aliphatic rings. The number of rotatable bonds is 0. The summed E-state index contributed by atoms with van der Waals surface area (Å²) in [5.41, 5.74) is 0.848. The van der Waals surface area contributed by atoms with Crippen LogP contribution >= 0.6 is 22.7 Å². The first kappa shape index (κ1) is 12.9. The summed E-state index contributed by atoms with van der Waals surface area (Å²) in [5, 5.41) is 0. The highest BCUT2D eigenvalue weighted by molar-refractivity contribution is 7.18. The first-order valence-electron chi connectivity index (χ1n) is 5.63. The van der Waals surface area contributed by atoms with E-state index in [1.807, 2.05) is 0 Å². The molecule has 0 aliphatic heterocycles. The zero-order valence-electron chi connectivity index (χ0n) is 10.5. The summed E-state index contributed by atoms with van der Waals surface area (Å²) in [6.07, 6.45) is 0. The summed E-state index contributed by atoms with van der Waals surface area (Å²) in [7, 11) is 0. The van der Waals surface area contributed by atoms with Crippen LogP contribution in [0, 0.1) is 0 Å². The van der Waals surface area contributed by atoms with Crippen LogP contribution in [0.5, 0.6) is 0 Å². The summed E-state index contributed by atoms with van der Waals surface area (Å²) in [5.74, 6) is -0.792. The largest absolute Gasteiger partial charge is 0.314 e. The van der Waals surface area contributed by atoms with Crippen molar-refractivity contribution in [1.29, 1.82) is 0 Å². The summed E-state index contributed by atoms with van der Waals surface area (Å²) in [6, 6.07) is 3.21. The fourth-order valence-electron chi connectivity index (χ4n) is 2.12. The van der Waals surface area contributed by atoms with Crippen LogP contribution in [0.1, 0.15) is 23.4 Å². The van der Waals surface area contributed by atoms with Crippen LogP contribution in [0.2, 0.25) is 0 Å². The van der Waals surface area contributed by atoms with Crippen molar-refractivity contribution in [2.24, 2.45) is 0 Å². The molecule has 0 unspecified atom stereocenters. The van der Waals surface area contributed by atoms with Crippen molar-refractivity contribution < 1.29 is 9.59 Å². The number of nitrogens with zero attached hydrogens (tertiary/aromatic N) is 2. The zero-order valence-corrected chi connectivity index (χ0v) is 12.1. The molecule has 0 aliphatic carbocycles. The van der Waals surface area contributed by atoms with Crippen LogP contribution in [-0.2, 0) is 0 Å². The van der Waals surface area contributed by atoms with E-state index in [9.17, 15) is 19.2 Å². The number of carbonyl (C=O) groups excluding carboxylic acids is 2. The molecule has 0 bridgehead atoms. The maximum atomic E-state index is 11.8. The van der Waals surface area contributed by atoms with Crippen molar-refractivity contribution >= 4 is 54.9 Å². The average molecular weight is 308 g/mol. The molecule has 3 aromatic rings. The second-order valence-electron chi connectivity index (χ2n) is 4.23. The van der Waals surface area contributed by atoms with E-state index in [-0.39, 0.29) is 9.75 Å². The Bertz CT molecular complexity index is 924. The molecule has 0 fully saturated rings. The van der Waals surface area contributed by atoms with Gasteiger partial charge in [0.05, 0.1) is 20.4 Å². The Morgan fingerprint density at radius 3 is 1.60 bits per heavy atom. The number of benzene rings is 1. The summed E-state index contributed by atoms with van der Waals surface area (Å²) >= 11 is 1.88. The number of aromatic nitrogens is 2. The summed E-state index contributed by atoms with van der Waals surface area (Å²) in [4.78, 5) is 45.9. The fraction of sp³-hybridized carbons (Fsp3) is 0.167. The Labute approximate surface area is 119 Å². The molecule has 0 saturated carbocycles. The topological polar surface area (TPSA) is 78.1 Å². The molecule has 3 rings (SSSR count). The highest BCUT2D eigenvalue weighted by Gasteiger charge is 2.16. The van der Waals surface area contributed by atoms with E-state index in [0.29, 0.717) is 20.4 Å². The third-order valence-corrected chi connectivity index (χ3v) is 4.72. The van der Waals surface area contributed by atoms with Gasteiger partial charge in [0, 0.05) is 13.8 Å². The van der Waals surface area contributed by atoms with Gasteiger partial charge in [-0.2, -0.15) is 0 Å². The van der Waals surface area contributed by atoms with Gasteiger partial charge in [-0.05, 0) is 12.1 Å². The van der Waals surface area contributed by atoms with Crippen LogP contribution in [0.4, 0.5) is 0 Å². The molecule has 0 amide bonds. The quantitative estimate of drug-likeness (QED) is 0.634. The monoisotopic (exact) mass is 308 g/mol. The Balaban J connectivity index is 2.55. The number of hydrogen-bond acceptors (Lipinski definition) is 6. The van der Waals surface area contributed by atoms with Gasteiger partial charge < -0.3 is 0 Å². The van der Waals surface area contributed by atoms with Crippen molar-refractivity contribution in [3.8, 4) is 0 Å². The zero-order chi connectivity index (χ0) is 14.6. The van der Waals surface area contributed by atoms with E-state index >= 15 is 0 Å². The van der Waals surface area contributed by atoms with Crippen LogP contribution in [0.25, 0.3) is 20.4 Å². The Kier molecular flexibility index (Phi) is 2.73. The smallest absolute Gasteiger partial charge is 0.274 e. The van der Waals surface area contributed by atoms with Crippen LogP contribution < -0.4 is 9.75 Å². The molecule has 2 aromatic heterocycles. The SMILES string of the molecule is CC(=O)n1c(=O)sc2cc3sc(=O)n(C(C)=O)c3cc21. The predicted molar refractivity (Wildman–Crippen MR) is 78.3 cm³/mol. The second-order valence-corrected chi connectivity index (χ2v) is 6.22. The van der Waals surface area contributed by atoms with Crippen molar-refractivity contribution in [3.63, 3.8) is 0 Å². The van der Waals surface area contributed by atoms with Gasteiger partial charge in [-0.15, -0.1) is 0 Å². The lowest BCUT2D eigenvalue weighted by Gasteiger charge is -2.00. The Hall–Kier alpha value is -2.06. The second kappa shape index (κ2) is 4.22. The standard InChI is InChI=1S/C12H8N2O4S2/c1-5(15)13-7-3-8-10(4-9(7)19-11(13)17)20-12(18)14(8)6(2)16/h3-4H,1-2H3. The molecular formula is C12H8N2O4S2. The minimum Gasteiger partial charge on any atom is -0.274 e. The number of fused-ring (bicyclic) bond motifs is 2. The van der Waals surface area contributed by atoms with E-state index in [0.717, 1.165) is 31.8 Å². The maximum absolute atomic E-state index is 11.8. The average Bonchev–Trinajstić information content (AvgIpc) is 2.79. The number of hydrogen-bond donors (Lipinski definition) is 0. The molecule has 0 saturated heterocycles. The van der Waals surface area contributed by atoms with Gasteiger partial charge in [0.1, 0.15) is 0 Å². The molecule has 0 N–H and O–H groups in total. The molecule has 1 aromatic carbocycles. The lowest BCUT2D eigenvalue weighted by molar-refractivity contribution is 0.0931. The van der Waals surface area contributed by atoms with E-state index in [1.54, 1.807) is 12.1 Å². The lowest BCUT2D eigenvalue weighted by Crippen LogP contribution is -2.19. The predicted octanol–water partition coefficient (Wildman–Crippen LogP) is 1.76. The van der Waals surface area contributed by atoms with Crippen molar-refractivity contribution in [1.82, 2.24) is 9.13 Å². The van der Waals surface area contributed by atoms with Gasteiger partial charge in [-0.1, -0.05) is 22.7 Å². The lowest BCUT2D eigenvalue weighted by atomic mass is 10.3. The third-order valence-electron chi connectivity index (χ3n) is 2.91. The van der Waals surface area contributed by atoms with E-state index in [2.05, 4.69) is 0 Å². The first-order chi connectivity index (χ1) is 9.40. The molecule has 20 heavy (non-hydrogen) atoms. The van der Waals surface area contributed by atoms with Gasteiger partial charge in [-0.25, -0.2) is 9.13 Å². The minimum absolute atomic E-state index is 0.373. The van der Waals surface area contributed by atoms with Crippen molar-refractivity contribution in [2.75, 3.05) is 0 Å². The van der Waals surface area contributed by atoms with E-state index in [1.165, 1.54) is 13.8 Å². The van der Waals surface area contributed by atoms with Gasteiger partial charge in [0.25, 0.3) is 0 Å². The highest BCUT2D eigenvalue weighted by atomic mass is 32.1. The normalized spacial score (nSPS) is 11.3. The van der Waals surface area contributed by atoms with Crippen LogP contribution in [0.15, 0.2) is 21.7 Å². The molecule has 0 radical (unpaired) electrons. The molecule has 6 nitrogen and oxygen atoms in total. The van der Waals surface area contributed by atoms with Crippen molar-refractivity contribution in [3.05, 3.63) is 31.5 Å². The van der Waals surface area contributed by atoms with Gasteiger partial charge >= 0.3 is 9.75 Å². The molecular weight excluding hydrogens is 300 g/mol. The summed E-state index contributed by atoms with van der Waals surface area (Å²) in [6.45, 7) is 2.59. The number of thiazole rings is 2. The Morgan fingerprint density at radius 2 is 1.25 bits per heavy atom. The molecule has 2 heterocycles. The first-order valence-corrected chi connectivity index (χ1v) is 7.26. The molecule has 102 valence electrons. The van der Waals surface area contributed by atoms with Gasteiger partial charge in [0.2, 0.25) is 11.8 Å². The highest BCUT2D eigenvalue weighted by Crippen LogP contribution is 2.26. The third kappa shape index (κ3) is 1.69. The van der Waals surface area contributed by atoms with Gasteiger partial charge in [-0.3, -0.25) is 19.2 Å². The fourth-order valence-corrected chi connectivity index (χ4v) is 4.07. The van der Waals surface area contributed by atoms with E-state index in [4.69, 9.17) is 0 Å². The number of carbonyl (C=O) groups is 2. The summed E-state index contributed by atoms with van der Waals surface area (Å²) < 4.78 is 3.34. The minimum atomic E-state index is -0.396. The van der Waals surface area contributed by atoms with Crippen LogP contribution in [0.3, 0.4) is 0 Å². The van der Waals surface area contributed by atoms with Crippen molar-refractivity contribution in [2.45, 2.75) is 13.8 Å². The maximum Gasteiger partial charge on any atom is 0.314 e. The van der Waals surface area contributed by atoms with Crippen LogP contribution in [-0.4, -0.2) is 20.9 Å². The van der Waals surface area contributed by atoms with E-state index < -0.39 is 11.8 Å².